The van der Waals surface area contributed by atoms with Crippen LogP contribution in [0, 0.1) is 0 Å². The van der Waals surface area contributed by atoms with Crippen LogP contribution >= 0.6 is 11.8 Å². The zero-order valence-corrected chi connectivity index (χ0v) is 21.0. The van der Waals surface area contributed by atoms with E-state index in [1.807, 2.05) is 6.08 Å². The van der Waals surface area contributed by atoms with Gasteiger partial charge in [-0.1, -0.05) is 50.9 Å². The molecule has 0 unspecified atom stereocenters. The number of thioether (sulfide) groups is 1. The molecule has 2 aromatic rings. The first-order valence-corrected chi connectivity index (χ1v) is 13.9. The Kier molecular flexibility index (Phi) is 9.10. The first-order chi connectivity index (χ1) is 15.9. The number of amides is 1. The molecule has 1 amide bonds. The molecule has 8 nitrogen and oxygen atoms in total. The van der Waals surface area contributed by atoms with Gasteiger partial charge >= 0.3 is 0 Å². The van der Waals surface area contributed by atoms with Gasteiger partial charge in [-0.25, -0.2) is 8.42 Å². The summed E-state index contributed by atoms with van der Waals surface area (Å²) in [4.78, 5) is 12.7. The van der Waals surface area contributed by atoms with Crippen LogP contribution in [0.2, 0.25) is 0 Å². The Bertz CT molecular complexity index is 1040. The molecule has 0 radical (unpaired) electrons. The van der Waals surface area contributed by atoms with Gasteiger partial charge in [0.1, 0.15) is 5.82 Å². The average Bonchev–Trinajstić information content (AvgIpc) is 3.22. The number of nitrogens with zero attached hydrogens (tertiary/aromatic N) is 4. The molecule has 0 aliphatic heterocycles. The van der Waals surface area contributed by atoms with Crippen molar-refractivity contribution in [3.63, 3.8) is 0 Å². The Hall–Kier alpha value is -2.17. The molecule has 0 spiro atoms. The van der Waals surface area contributed by atoms with E-state index in [9.17, 15) is 13.2 Å². The van der Waals surface area contributed by atoms with Crippen molar-refractivity contribution in [1.82, 2.24) is 19.1 Å². The lowest BCUT2D eigenvalue weighted by atomic mass is 9.89. The van der Waals surface area contributed by atoms with Gasteiger partial charge in [0, 0.05) is 31.2 Å². The molecule has 0 bridgehead atoms. The monoisotopic (exact) mass is 491 g/mol. The molecule has 1 aliphatic carbocycles. The lowest BCUT2D eigenvalue weighted by Crippen LogP contribution is -2.30. The van der Waals surface area contributed by atoms with Crippen molar-refractivity contribution in [3.05, 3.63) is 42.7 Å². The predicted molar refractivity (Wildman–Crippen MR) is 132 cm³/mol. The Labute approximate surface area is 200 Å². The first-order valence-electron chi connectivity index (χ1n) is 11.5. The summed E-state index contributed by atoms with van der Waals surface area (Å²) in [6, 6.07) is 6.27. The van der Waals surface area contributed by atoms with E-state index in [1.54, 1.807) is 26.0 Å². The van der Waals surface area contributed by atoms with Crippen molar-refractivity contribution in [3.8, 4) is 0 Å². The summed E-state index contributed by atoms with van der Waals surface area (Å²) < 4.78 is 28.7. The van der Waals surface area contributed by atoms with Crippen LogP contribution in [0.15, 0.2) is 47.0 Å². The molecule has 1 heterocycles. The minimum Gasteiger partial charge on any atom is -0.325 e. The number of hydrogen-bond donors (Lipinski definition) is 1. The minimum absolute atomic E-state index is 0.180. The number of aromatic nitrogens is 3. The SMILES string of the molecule is C=CCn1c(SCC(=O)Nc2ccc(S(=O)(=O)N(CC)CC)cc2)nnc1C1CCCCC1. The molecule has 1 aliphatic rings. The fraction of sp³-hybridized carbons (Fsp3) is 0.522. The summed E-state index contributed by atoms with van der Waals surface area (Å²) in [6.07, 6.45) is 7.78. The Morgan fingerprint density at radius 1 is 1.18 bits per heavy atom. The quantitative estimate of drug-likeness (QED) is 0.372. The highest BCUT2D eigenvalue weighted by Crippen LogP contribution is 2.33. The molecule has 1 N–H and O–H groups in total. The lowest BCUT2D eigenvalue weighted by molar-refractivity contribution is -0.113. The van der Waals surface area contributed by atoms with Gasteiger partial charge in [-0.2, -0.15) is 4.31 Å². The second-order valence-electron chi connectivity index (χ2n) is 8.03. The van der Waals surface area contributed by atoms with Crippen molar-refractivity contribution < 1.29 is 13.2 Å². The molecule has 3 rings (SSSR count). The predicted octanol–water partition coefficient (Wildman–Crippen LogP) is 4.27. The number of carbonyl (C=O) groups excluding carboxylic acids is 1. The normalized spacial score (nSPS) is 15.0. The van der Waals surface area contributed by atoms with E-state index in [4.69, 9.17) is 0 Å². The highest BCUT2D eigenvalue weighted by molar-refractivity contribution is 7.99. The average molecular weight is 492 g/mol. The summed E-state index contributed by atoms with van der Waals surface area (Å²) in [6.45, 7) is 8.90. The summed E-state index contributed by atoms with van der Waals surface area (Å²) in [5, 5.41) is 12.3. The van der Waals surface area contributed by atoms with Crippen LogP contribution < -0.4 is 5.32 Å². The molecule has 33 heavy (non-hydrogen) atoms. The molecule has 180 valence electrons. The van der Waals surface area contributed by atoms with E-state index in [1.165, 1.54) is 47.5 Å². The maximum Gasteiger partial charge on any atom is 0.243 e. The van der Waals surface area contributed by atoms with Crippen molar-refractivity contribution >= 4 is 33.4 Å². The number of rotatable bonds is 11. The highest BCUT2D eigenvalue weighted by Gasteiger charge is 2.24. The van der Waals surface area contributed by atoms with Crippen LogP contribution in [0.5, 0.6) is 0 Å². The van der Waals surface area contributed by atoms with E-state index in [0.717, 1.165) is 18.7 Å². The van der Waals surface area contributed by atoms with Gasteiger partial charge in [-0.05, 0) is 37.1 Å². The number of allylic oxidation sites excluding steroid dienone is 1. The Balaban J connectivity index is 1.61. The van der Waals surface area contributed by atoms with E-state index in [2.05, 4.69) is 26.7 Å². The number of carbonyl (C=O) groups is 1. The zero-order chi connectivity index (χ0) is 23.8. The molecule has 0 atom stereocenters. The van der Waals surface area contributed by atoms with E-state index in [0.29, 0.717) is 36.4 Å². The van der Waals surface area contributed by atoms with Crippen LogP contribution in [0.4, 0.5) is 5.69 Å². The van der Waals surface area contributed by atoms with E-state index >= 15 is 0 Å². The zero-order valence-electron chi connectivity index (χ0n) is 19.4. The number of sulfonamides is 1. The van der Waals surface area contributed by atoms with E-state index in [-0.39, 0.29) is 16.6 Å². The van der Waals surface area contributed by atoms with Crippen LogP contribution in [0.1, 0.15) is 57.7 Å². The van der Waals surface area contributed by atoms with Gasteiger partial charge in [0.15, 0.2) is 5.16 Å². The summed E-state index contributed by atoms with van der Waals surface area (Å²) in [5.74, 6) is 1.40. The van der Waals surface area contributed by atoms with Gasteiger partial charge in [0.2, 0.25) is 15.9 Å². The molecule has 1 aromatic heterocycles. The van der Waals surface area contributed by atoms with Crippen molar-refractivity contribution in [1.29, 1.82) is 0 Å². The third kappa shape index (κ3) is 6.24. The third-order valence-corrected chi connectivity index (χ3v) is 8.87. The molecular formula is C23H33N5O3S2. The molecular weight excluding hydrogens is 458 g/mol. The number of hydrogen-bond acceptors (Lipinski definition) is 6. The maximum absolute atomic E-state index is 12.6. The molecule has 1 aromatic carbocycles. The largest absolute Gasteiger partial charge is 0.325 e. The summed E-state index contributed by atoms with van der Waals surface area (Å²) in [7, 11) is -3.52. The fourth-order valence-corrected chi connectivity index (χ4v) is 6.33. The number of nitrogens with one attached hydrogen (secondary N) is 1. The van der Waals surface area contributed by atoms with Gasteiger partial charge in [0.05, 0.1) is 10.6 Å². The minimum atomic E-state index is -3.52. The second kappa shape index (κ2) is 11.8. The fourth-order valence-electron chi connectivity index (χ4n) is 4.12. The summed E-state index contributed by atoms with van der Waals surface area (Å²) >= 11 is 1.34. The maximum atomic E-state index is 12.6. The lowest BCUT2D eigenvalue weighted by Gasteiger charge is -2.21. The Morgan fingerprint density at radius 2 is 1.85 bits per heavy atom. The van der Waals surface area contributed by atoms with Crippen LogP contribution in [-0.4, -0.2) is 52.2 Å². The standard InChI is InChI=1S/C23H33N5O3S2/c1-4-16-28-22(18-10-8-7-9-11-18)25-26-23(28)32-17-21(29)24-19-12-14-20(15-13-19)33(30,31)27(5-2)6-3/h4,12-15,18H,1,5-11,16-17H2,2-3H3,(H,24,29). The highest BCUT2D eigenvalue weighted by atomic mass is 32.2. The Morgan fingerprint density at radius 3 is 2.45 bits per heavy atom. The second-order valence-corrected chi connectivity index (χ2v) is 10.9. The van der Waals surface area contributed by atoms with Crippen molar-refractivity contribution in [2.24, 2.45) is 0 Å². The van der Waals surface area contributed by atoms with Gasteiger partial charge in [-0.3, -0.25) is 4.79 Å². The number of benzene rings is 1. The molecule has 10 heteroatoms. The van der Waals surface area contributed by atoms with Crippen molar-refractivity contribution in [2.45, 2.75) is 68.5 Å². The summed E-state index contributed by atoms with van der Waals surface area (Å²) in [5.41, 5.74) is 0.551. The van der Waals surface area contributed by atoms with Crippen LogP contribution in [0.3, 0.4) is 0 Å². The van der Waals surface area contributed by atoms with Crippen LogP contribution in [0.25, 0.3) is 0 Å². The van der Waals surface area contributed by atoms with Gasteiger partial charge in [0.25, 0.3) is 0 Å². The molecule has 0 saturated heterocycles. The number of anilines is 1. The first kappa shape index (κ1) is 25.5. The van der Waals surface area contributed by atoms with Gasteiger partial charge in [-0.15, -0.1) is 16.8 Å². The molecule has 1 saturated carbocycles. The molecule has 1 fully saturated rings. The topological polar surface area (TPSA) is 97.2 Å². The van der Waals surface area contributed by atoms with Crippen LogP contribution in [-0.2, 0) is 21.4 Å². The van der Waals surface area contributed by atoms with E-state index < -0.39 is 10.0 Å². The van der Waals surface area contributed by atoms with Crippen molar-refractivity contribution in [2.75, 3.05) is 24.2 Å². The third-order valence-electron chi connectivity index (χ3n) is 5.84. The smallest absolute Gasteiger partial charge is 0.243 e. The van der Waals surface area contributed by atoms with Gasteiger partial charge < -0.3 is 9.88 Å².